The van der Waals surface area contributed by atoms with E-state index >= 15 is 8.78 Å². The van der Waals surface area contributed by atoms with E-state index < -0.39 is 11.6 Å². The number of amides is 1. The second-order valence-corrected chi connectivity index (χ2v) is 10.3. The minimum Gasteiger partial charge on any atom is -0.328 e. The number of halogens is 3. The lowest BCUT2D eigenvalue weighted by atomic mass is 9.68. The Morgan fingerprint density at radius 2 is 1.81 bits per heavy atom. The van der Waals surface area contributed by atoms with Gasteiger partial charge in [-0.1, -0.05) is 22.0 Å². The van der Waals surface area contributed by atoms with Crippen molar-refractivity contribution in [3.63, 3.8) is 0 Å². The molecule has 0 aliphatic carbocycles. The standard InChI is InChI=1S/C22H17B2BrF2N4O/c23-22(24,25)20-9-19-13(4-2-6-31(19)29-20)12-7-16(26)15(17(27)8-12)10-30-11-18-14(21(30)32)3-1-5-28-18/h1-9H,10-11,23-24H2. The Morgan fingerprint density at radius 3 is 2.50 bits per heavy atom. The van der Waals surface area contributed by atoms with E-state index in [2.05, 4.69) is 26.0 Å². The van der Waals surface area contributed by atoms with Crippen molar-refractivity contribution in [3.05, 3.63) is 89.0 Å². The van der Waals surface area contributed by atoms with E-state index in [0.29, 0.717) is 22.4 Å². The Labute approximate surface area is 193 Å². The fraction of sp³-hybridized carbons (Fsp3) is 0.136. The van der Waals surface area contributed by atoms with Gasteiger partial charge in [0.2, 0.25) is 0 Å². The van der Waals surface area contributed by atoms with Crippen molar-refractivity contribution in [1.82, 2.24) is 19.5 Å². The highest BCUT2D eigenvalue weighted by molar-refractivity contribution is 9.10. The molecular weight excluding hydrogens is 476 g/mol. The van der Waals surface area contributed by atoms with Gasteiger partial charge in [-0.2, -0.15) is 5.10 Å². The number of carbonyl (C=O) groups is 1. The van der Waals surface area contributed by atoms with Crippen molar-refractivity contribution in [1.29, 1.82) is 0 Å². The van der Waals surface area contributed by atoms with Crippen molar-refractivity contribution in [2.45, 2.75) is 17.2 Å². The Bertz CT molecular complexity index is 1360. The molecule has 0 spiro atoms. The summed E-state index contributed by atoms with van der Waals surface area (Å²) in [6.45, 7) is 0.0713. The molecule has 0 atom stereocenters. The van der Waals surface area contributed by atoms with Gasteiger partial charge in [0.15, 0.2) is 0 Å². The topological polar surface area (TPSA) is 50.5 Å². The molecule has 5 nitrogen and oxygen atoms in total. The summed E-state index contributed by atoms with van der Waals surface area (Å²) in [5, 5.41) is 4.56. The first-order valence-corrected chi connectivity index (χ1v) is 10.9. The average Bonchev–Trinajstić information content (AvgIpc) is 3.32. The third-order valence-electron chi connectivity index (χ3n) is 5.66. The van der Waals surface area contributed by atoms with Crippen LogP contribution in [0, 0.1) is 11.6 Å². The summed E-state index contributed by atoms with van der Waals surface area (Å²) in [5.74, 6) is -1.66. The lowest BCUT2D eigenvalue weighted by Crippen LogP contribution is -2.24. The predicted molar refractivity (Wildman–Crippen MR) is 126 cm³/mol. The van der Waals surface area contributed by atoms with Gasteiger partial charge >= 0.3 is 0 Å². The number of fused-ring (bicyclic) bond motifs is 2. The number of carbonyl (C=O) groups excluding carboxylic acids is 1. The predicted octanol–water partition coefficient (Wildman–Crippen LogP) is 2.60. The van der Waals surface area contributed by atoms with Gasteiger partial charge in [0, 0.05) is 27.6 Å². The molecular formula is C22H17B2BrF2N4O. The Morgan fingerprint density at radius 1 is 1.09 bits per heavy atom. The molecule has 4 aromatic rings. The zero-order valence-corrected chi connectivity index (χ0v) is 19.0. The number of rotatable bonds is 4. The van der Waals surface area contributed by atoms with Crippen LogP contribution in [0.15, 0.2) is 54.9 Å². The molecule has 32 heavy (non-hydrogen) atoms. The van der Waals surface area contributed by atoms with Crippen molar-refractivity contribution in [2.75, 3.05) is 0 Å². The molecule has 0 N–H and O–H groups in total. The van der Waals surface area contributed by atoms with Crippen LogP contribution in [-0.2, 0) is 17.2 Å². The van der Waals surface area contributed by atoms with Crippen LogP contribution in [0.1, 0.15) is 27.3 Å². The quantitative estimate of drug-likeness (QED) is 0.325. The van der Waals surface area contributed by atoms with E-state index in [-0.39, 0.29) is 28.7 Å². The minimum absolute atomic E-state index is 0.141. The Hall–Kier alpha value is -3.00. The molecule has 0 unspecified atom stereocenters. The van der Waals surface area contributed by atoms with E-state index in [1.807, 2.05) is 27.8 Å². The number of nitrogens with zero attached hydrogens (tertiary/aromatic N) is 4. The zero-order valence-electron chi connectivity index (χ0n) is 17.4. The van der Waals surface area contributed by atoms with E-state index in [0.717, 1.165) is 11.2 Å². The lowest BCUT2D eigenvalue weighted by Gasteiger charge is -2.17. The summed E-state index contributed by atoms with van der Waals surface area (Å²) in [5.41, 5.74) is 3.58. The van der Waals surface area contributed by atoms with E-state index in [1.165, 1.54) is 17.0 Å². The Balaban J connectivity index is 1.50. The van der Waals surface area contributed by atoms with Crippen LogP contribution in [-0.4, -0.2) is 41.1 Å². The number of hydrogen-bond donors (Lipinski definition) is 0. The fourth-order valence-electron chi connectivity index (χ4n) is 3.96. The van der Waals surface area contributed by atoms with Crippen LogP contribution in [0.5, 0.6) is 0 Å². The second kappa shape index (κ2) is 7.55. The molecule has 4 heterocycles. The number of hydrogen-bond acceptors (Lipinski definition) is 3. The Kier molecular flexibility index (Phi) is 4.93. The number of benzene rings is 1. The zero-order chi connectivity index (χ0) is 22.6. The third-order valence-corrected chi connectivity index (χ3v) is 6.07. The molecule has 0 bridgehead atoms. The van der Waals surface area contributed by atoms with Crippen molar-refractivity contribution >= 4 is 43.0 Å². The van der Waals surface area contributed by atoms with Gasteiger partial charge in [0.05, 0.1) is 35.6 Å². The maximum absolute atomic E-state index is 15.1. The summed E-state index contributed by atoms with van der Waals surface area (Å²) in [6, 6.07) is 11.5. The SMILES string of the molecule is BC(B)(Br)c1cc2c(-c3cc(F)c(CN4Cc5ncccc5C4=O)c(F)c3)cccn2n1. The van der Waals surface area contributed by atoms with Gasteiger partial charge in [0.25, 0.3) is 5.91 Å². The summed E-state index contributed by atoms with van der Waals surface area (Å²) in [4.78, 5) is 18.2. The van der Waals surface area contributed by atoms with Crippen LogP contribution in [0.3, 0.4) is 0 Å². The summed E-state index contributed by atoms with van der Waals surface area (Å²) in [7, 11) is 3.96. The fourth-order valence-corrected chi connectivity index (χ4v) is 4.15. The molecule has 1 aromatic carbocycles. The molecule has 0 saturated carbocycles. The lowest BCUT2D eigenvalue weighted by molar-refractivity contribution is 0.0763. The maximum Gasteiger partial charge on any atom is 0.256 e. The van der Waals surface area contributed by atoms with Gasteiger partial charge in [0.1, 0.15) is 27.3 Å². The molecule has 3 aromatic heterocycles. The van der Waals surface area contributed by atoms with Crippen LogP contribution in [0.4, 0.5) is 8.78 Å². The van der Waals surface area contributed by atoms with Crippen LogP contribution >= 0.6 is 15.9 Å². The monoisotopic (exact) mass is 492 g/mol. The average molecular weight is 493 g/mol. The van der Waals surface area contributed by atoms with Crippen molar-refractivity contribution in [2.24, 2.45) is 0 Å². The highest BCUT2D eigenvalue weighted by atomic mass is 79.9. The first-order chi connectivity index (χ1) is 15.2. The van der Waals surface area contributed by atoms with Crippen LogP contribution in [0.25, 0.3) is 16.6 Å². The van der Waals surface area contributed by atoms with Gasteiger partial charge in [-0.05, 0) is 42.0 Å². The minimum atomic E-state index is -0.695. The number of aromatic nitrogens is 3. The van der Waals surface area contributed by atoms with Gasteiger partial charge in [-0.3, -0.25) is 9.78 Å². The van der Waals surface area contributed by atoms with Crippen molar-refractivity contribution < 1.29 is 13.6 Å². The smallest absolute Gasteiger partial charge is 0.256 e. The van der Waals surface area contributed by atoms with Gasteiger partial charge in [-0.15, -0.1) is 0 Å². The number of alkyl halides is 1. The largest absolute Gasteiger partial charge is 0.328 e. The summed E-state index contributed by atoms with van der Waals surface area (Å²) in [6.07, 6.45) is 3.40. The van der Waals surface area contributed by atoms with Gasteiger partial charge in [-0.25, -0.2) is 13.3 Å². The van der Waals surface area contributed by atoms with E-state index in [1.54, 1.807) is 35.1 Å². The van der Waals surface area contributed by atoms with Crippen LogP contribution in [0.2, 0.25) is 0 Å². The van der Waals surface area contributed by atoms with Gasteiger partial charge < -0.3 is 4.90 Å². The molecule has 1 amide bonds. The molecule has 158 valence electrons. The number of pyridine rings is 2. The molecule has 5 rings (SSSR count). The van der Waals surface area contributed by atoms with E-state index in [4.69, 9.17) is 0 Å². The van der Waals surface area contributed by atoms with Crippen LogP contribution < -0.4 is 0 Å². The van der Waals surface area contributed by atoms with Crippen molar-refractivity contribution in [3.8, 4) is 11.1 Å². The normalized spacial score (nSPS) is 13.7. The molecule has 0 radical (unpaired) electrons. The molecule has 0 saturated heterocycles. The summed E-state index contributed by atoms with van der Waals surface area (Å²) >= 11 is 3.60. The third kappa shape index (κ3) is 3.52. The maximum atomic E-state index is 15.1. The second-order valence-electron chi connectivity index (χ2n) is 8.33. The summed E-state index contributed by atoms with van der Waals surface area (Å²) < 4.78 is 31.5. The molecule has 10 heteroatoms. The first kappa shape index (κ1) is 20.9. The molecule has 1 aliphatic rings. The molecule has 0 fully saturated rings. The highest BCUT2D eigenvalue weighted by Crippen LogP contribution is 2.32. The highest BCUT2D eigenvalue weighted by Gasteiger charge is 2.30. The van der Waals surface area contributed by atoms with E-state index in [9.17, 15) is 4.79 Å². The molecule has 1 aliphatic heterocycles. The first-order valence-electron chi connectivity index (χ1n) is 10.1.